The Morgan fingerprint density at radius 2 is 1.77 bits per heavy atom. The average Bonchev–Trinajstić information content (AvgIpc) is 3.31. The molecule has 4 rings (SSSR count). The molecular formula is C25H31N3O3. The van der Waals surface area contributed by atoms with Crippen LogP contribution in [0.5, 0.6) is 11.5 Å². The van der Waals surface area contributed by atoms with Crippen LogP contribution in [0.2, 0.25) is 0 Å². The zero-order valence-electron chi connectivity index (χ0n) is 17.9. The van der Waals surface area contributed by atoms with Crippen molar-refractivity contribution in [3.8, 4) is 11.5 Å². The lowest BCUT2D eigenvalue weighted by atomic mass is 9.93. The van der Waals surface area contributed by atoms with Crippen molar-refractivity contribution in [2.24, 2.45) is 0 Å². The van der Waals surface area contributed by atoms with Crippen molar-refractivity contribution in [1.82, 2.24) is 14.7 Å². The fourth-order valence-corrected chi connectivity index (χ4v) is 3.99. The van der Waals surface area contributed by atoms with Crippen LogP contribution in [0.4, 0.5) is 0 Å². The van der Waals surface area contributed by atoms with Crippen LogP contribution in [0.1, 0.15) is 24.8 Å². The third-order valence-corrected chi connectivity index (χ3v) is 5.57. The Labute approximate surface area is 184 Å². The number of hydrogen-bond acceptors (Lipinski definition) is 5. The van der Waals surface area contributed by atoms with Gasteiger partial charge in [0.15, 0.2) is 0 Å². The van der Waals surface area contributed by atoms with E-state index in [2.05, 4.69) is 22.1 Å². The molecule has 1 fully saturated rings. The van der Waals surface area contributed by atoms with Gasteiger partial charge in [0.1, 0.15) is 23.7 Å². The van der Waals surface area contributed by atoms with Crippen molar-refractivity contribution in [3.05, 3.63) is 78.6 Å². The number of aryl methyl sites for hydroxylation is 1. The number of ether oxygens (including phenoxy) is 2. The standard InChI is InChI=1S/C25H31N3O3/c29-25(21-31-23-7-2-1-3-8-23)13-4-15-27(20-25)19-22-9-11-24(12-10-22)30-18-6-17-28-16-5-14-26-28/h1-3,5,7-12,14,16,29H,4,6,13,15,17-21H2/t25-/m0/s1. The van der Waals surface area contributed by atoms with Crippen molar-refractivity contribution in [2.75, 3.05) is 26.3 Å². The van der Waals surface area contributed by atoms with Crippen LogP contribution in [0.25, 0.3) is 0 Å². The zero-order chi connectivity index (χ0) is 21.4. The Bertz CT molecular complexity index is 900. The molecular weight excluding hydrogens is 390 g/mol. The molecule has 1 atom stereocenters. The molecule has 0 bridgehead atoms. The Morgan fingerprint density at radius 3 is 2.55 bits per heavy atom. The van der Waals surface area contributed by atoms with Gasteiger partial charge in [-0.1, -0.05) is 30.3 Å². The van der Waals surface area contributed by atoms with E-state index in [0.717, 1.165) is 50.4 Å². The van der Waals surface area contributed by atoms with Crippen LogP contribution >= 0.6 is 0 Å². The number of aliphatic hydroxyl groups is 1. The van der Waals surface area contributed by atoms with E-state index < -0.39 is 5.60 Å². The molecule has 31 heavy (non-hydrogen) atoms. The van der Waals surface area contributed by atoms with E-state index in [9.17, 15) is 5.11 Å². The summed E-state index contributed by atoms with van der Waals surface area (Å²) in [4.78, 5) is 2.30. The van der Waals surface area contributed by atoms with Gasteiger partial charge in [0, 0.05) is 38.4 Å². The first-order chi connectivity index (χ1) is 15.2. The van der Waals surface area contributed by atoms with Gasteiger partial charge in [0.05, 0.1) is 6.61 Å². The second kappa shape index (κ2) is 10.5. The van der Waals surface area contributed by atoms with Crippen LogP contribution in [-0.4, -0.2) is 51.7 Å². The van der Waals surface area contributed by atoms with Gasteiger partial charge in [0.25, 0.3) is 0 Å². The molecule has 1 aliphatic heterocycles. The first-order valence-corrected chi connectivity index (χ1v) is 11.0. The highest BCUT2D eigenvalue weighted by Gasteiger charge is 2.34. The van der Waals surface area contributed by atoms with Gasteiger partial charge in [-0.15, -0.1) is 0 Å². The van der Waals surface area contributed by atoms with Crippen molar-refractivity contribution in [2.45, 2.75) is 38.0 Å². The lowest BCUT2D eigenvalue weighted by Crippen LogP contribution is -2.51. The molecule has 0 radical (unpaired) electrons. The van der Waals surface area contributed by atoms with Gasteiger partial charge in [0.2, 0.25) is 0 Å². The number of hydrogen-bond donors (Lipinski definition) is 1. The summed E-state index contributed by atoms with van der Waals surface area (Å²) in [6.07, 6.45) is 6.40. The quantitative estimate of drug-likeness (QED) is 0.505. The van der Waals surface area contributed by atoms with Crippen molar-refractivity contribution < 1.29 is 14.6 Å². The van der Waals surface area contributed by atoms with Crippen LogP contribution in [0, 0.1) is 0 Å². The molecule has 0 spiro atoms. The molecule has 3 aromatic rings. The number of rotatable bonds is 10. The van der Waals surface area contributed by atoms with Crippen LogP contribution in [0.15, 0.2) is 73.1 Å². The maximum absolute atomic E-state index is 11.0. The highest BCUT2D eigenvalue weighted by molar-refractivity contribution is 5.27. The van der Waals surface area contributed by atoms with E-state index in [1.54, 1.807) is 6.20 Å². The van der Waals surface area contributed by atoms with Crippen LogP contribution < -0.4 is 9.47 Å². The summed E-state index contributed by atoms with van der Waals surface area (Å²) in [6, 6.07) is 19.9. The van der Waals surface area contributed by atoms with Gasteiger partial charge < -0.3 is 14.6 Å². The van der Waals surface area contributed by atoms with Gasteiger partial charge >= 0.3 is 0 Å². The predicted octanol–water partition coefficient (Wildman–Crippen LogP) is 3.76. The minimum absolute atomic E-state index is 0.318. The first-order valence-electron chi connectivity index (χ1n) is 11.0. The van der Waals surface area contributed by atoms with Gasteiger partial charge in [-0.05, 0) is 55.3 Å². The van der Waals surface area contributed by atoms with E-state index in [1.807, 2.05) is 59.4 Å². The smallest absolute Gasteiger partial charge is 0.119 e. The van der Waals surface area contributed by atoms with E-state index >= 15 is 0 Å². The molecule has 0 unspecified atom stereocenters. The average molecular weight is 422 g/mol. The molecule has 1 saturated heterocycles. The monoisotopic (exact) mass is 421 g/mol. The Balaban J connectivity index is 1.21. The summed E-state index contributed by atoms with van der Waals surface area (Å²) in [7, 11) is 0. The lowest BCUT2D eigenvalue weighted by molar-refractivity contribution is -0.0621. The van der Waals surface area contributed by atoms with E-state index in [4.69, 9.17) is 9.47 Å². The highest BCUT2D eigenvalue weighted by Crippen LogP contribution is 2.24. The SMILES string of the molecule is O[C@@]1(COc2ccccc2)CCCN(Cc2ccc(OCCCn3cccn3)cc2)C1. The minimum Gasteiger partial charge on any atom is -0.494 e. The summed E-state index contributed by atoms with van der Waals surface area (Å²) in [6.45, 7) is 4.26. The second-order valence-electron chi connectivity index (χ2n) is 8.26. The van der Waals surface area contributed by atoms with E-state index in [-0.39, 0.29) is 0 Å². The van der Waals surface area contributed by atoms with Gasteiger partial charge in [-0.2, -0.15) is 5.10 Å². The Kier molecular flexibility index (Phi) is 7.22. The van der Waals surface area contributed by atoms with Crippen molar-refractivity contribution >= 4 is 0 Å². The molecule has 164 valence electrons. The molecule has 0 aliphatic carbocycles. The van der Waals surface area contributed by atoms with Crippen LogP contribution in [0.3, 0.4) is 0 Å². The lowest BCUT2D eigenvalue weighted by Gasteiger charge is -2.39. The maximum Gasteiger partial charge on any atom is 0.119 e. The molecule has 2 heterocycles. The molecule has 2 aromatic carbocycles. The summed E-state index contributed by atoms with van der Waals surface area (Å²) >= 11 is 0. The molecule has 1 N–H and O–H groups in total. The normalized spacial score (nSPS) is 19.3. The number of aromatic nitrogens is 2. The number of likely N-dealkylation sites (tertiary alicyclic amines) is 1. The third-order valence-electron chi connectivity index (χ3n) is 5.57. The predicted molar refractivity (Wildman–Crippen MR) is 120 cm³/mol. The second-order valence-corrected chi connectivity index (χ2v) is 8.26. The number of nitrogens with zero attached hydrogens (tertiary/aromatic N) is 3. The minimum atomic E-state index is -0.814. The van der Waals surface area contributed by atoms with Crippen molar-refractivity contribution in [3.63, 3.8) is 0 Å². The third kappa shape index (κ3) is 6.57. The summed E-state index contributed by atoms with van der Waals surface area (Å²) in [5.74, 6) is 1.68. The van der Waals surface area contributed by atoms with Gasteiger partial charge in [-0.3, -0.25) is 9.58 Å². The molecule has 0 saturated carbocycles. The topological polar surface area (TPSA) is 59.8 Å². The summed E-state index contributed by atoms with van der Waals surface area (Å²) in [5.41, 5.74) is 0.406. The summed E-state index contributed by atoms with van der Waals surface area (Å²) in [5, 5.41) is 15.2. The fourth-order valence-electron chi connectivity index (χ4n) is 3.99. The van der Waals surface area contributed by atoms with Gasteiger partial charge in [-0.25, -0.2) is 0 Å². The van der Waals surface area contributed by atoms with Crippen LogP contribution in [-0.2, 0) is 13.1 Å². The number of β-amino-alcohol motifs (C(OH)–C–C–N with tert-alkyl or cyclic N) is 1. The molecule has 0 amide bonds. The molecule has 6 nitrogen and oxygen atoms in total. The highest BCUT2D eigenvalue weighted by atomic mass is 16.5. The first kappa shape index (κ1) is 21.4. The molecule has 6 heteroatoms. The Hall–Kier alpha value is -2.83. The molecule has 1 aliphatic rings. The number of benzene rings is 2. The number of para-hydroxylation sites is 1. The summed E-state index contributed by atoms with van der Waals surface area (Å²) < 4.78 is 13.6. The molecule has 1 aromatic heterocycles. The van der Waals surface area contributed by atoms with Crippen molar-refractivity contribution in [1.29, 1.82) is 0 Å². The Morgan fingerprint density at radius 1 is 0.968 bits per heavy atom. The van der Waals surface area contributed by atoms with E-state index in [0.29, 0.717) is 19.8 Å². The zero-order valence-corrected chi connectivity index (χ0v) is 17.9. The largest absolute Gasteiger partial charge is 0.494 e. The fraction of sp³-hybridized carbons (Fsp3) is 0.400. The maximum atomic E-state index is 11.0. The van der Waals surface area contributed by atoms with E-state index in [1.165, 1.54) is 5.56 Å². The number of piperidine rings is 1.